The van der Waals surface area contributed by atoms with Gasteiger partial charge in [-0.2, -0.15) is 0 Å². The third kappa shape index (κ3) is 4.51. The van der Waals surface area contributed by atoms with Crippen molar-refractivity contribution in [1.82, 2.24) is 9.80 Å². The van der Waals surface area contributed by atoms with E-state index < -0.39 is 5.60 Å². The molecule has 118 valence electrons. The summed E-state index contributed by atoms with van der Waals surface area (Å²) in [5, 5.41) is 3.66. The first-order chi connectivity index (χ1) is 9.89. The standard InChI is InChI=1S/C14H25N5O2/c1-14(2,3)21-13(20)19-9-12(10-19)18-6-4-11(5-7-18)8-16-17-15/h11-12H,4-10H2,1-3H3. The molecule has 2 heterocycles. The van der Waals surface area contributed by atoms with Crippen LogP contribution < -0.4 is 0 Å². The Morgan fingerprint density at radius 1 is 1.33 bits per heavy atom. The predicted molar refractivity (Wildman–Crippen MR) is 79.9 cm³/mol. The van der Waals surface area contributed by atoms with Crippen LogP contribution in [0.2, 0.25) is 0 Å². The minimum absolute atomic E-state index is 0.211. The Morgan fingerprint density at radius 2 is 1.95 bits per heavy atom. The van der Waals surface area contributed by atoms with E-state index in [-0.39, 0.29) is 6.09 Å². The average molecular weight is 295 g/mol. The summed E-state index contributed by atoms with van der Waals surface area (Å²) < 4.78 is 5.36. The van der Waals surface area contributed by atoms with Crippen LogP contribution in [0, 0.1) is 5.92 Å². The molecule has 1 amide bonds. The zero-order valence-electron chi connectivity index (χ0n) is 13.2. The minimum atomic E-state index is -0.429. The fourth-order valence-electron chi connectivity index (χ4n) is 2.81. The van der Waals surface area contributed by atoms with Crippen molar-refractivity contribution < 1.29 is 9.53 Å². The average Bonchev–Trinajstić information content (AvgIpc) is 2.34. The lowest BCUT2D eigenvalue weighted by atomic mass is 9.94. The largest absolute Gasteiger partial charge is 0.444 e. The Balaban J connectivity index is 1.69. The van der Waals surface area contributed by atoms with Crippen molar-refractivity contribution in [1.29, 1.82) is 0 Å². The number of amides is 1. The van der Waals surface area contributed by atoms with Gasteiger partial charge in [-0.15, -0.1) is 0 Å². The quantitative estimate of drug-likeness (QED) is 0.456. The molecule has 0 radical (unpaired) electrons. The molecule has 0 aromatic heterocycles. The highest BCUT2D eigenvalue weighted by molar-refractivity contribution is 5.69. The number of nitrogens with zero attached hydrogens (tertiary/aromatic N) is 5. The highest BCUT2D eigenvalue weighted by atomic mass is 16.6. The van der Waals surface area contributed by atoms with Crippen LogP contribution in [0.25, 0.3) is 10.4 Å². The molecule has 0 aromatic rings. The van der Waals surface area contributed by atoms with Crippen LogP contribution in [0.4, 0.5) is 4.79 Å². The fraction of sp³-hybridized carbons (Fsp3) is 0.929. The molecule has 0 saturated carbocycles. The number of piperidine rings is 1. The number of hydrogen-bond donors (Lipinski definition) is 0. The van der Waals surface area contributed by atoms with E-state index in [0.29, 0.717) is 18.5 Å². The van der Waals surface area contributed by atoms with E-state index in [0.717, 1.165) is 39.0 Å². The third-order valence-electron chi connectivity index (χ3n) is 4.08. The van der Waals surface area contributed by atoms with Gasteiger partial charge in [0.2, 0.25) is 0 Å². The SMILES string of the molecule is CC(C)(C)OC(=O)N1CC(N2CCC(CN=[N+]=[N-])CC2)C1. The smallest absolute Gasteiger partial charge is 0.410 e. The van der Waals surface area contributed by atoms with Crippen molar-refractivity contribution in [3.63, 3.8) is 0 Å². The van der Waals surface area contributed by atoms with Gasteiger partial charge < -0.3 is 9.64 Å². The molecule has 2 aliphatic rings. The number of ether oxygens (including phenoxy) is 1. The van der Waals surface area contributed by atoms with E-state index in [1.807, 2.05) is 20.8 Å². The summed E-state index contributed by atoms with van der Waals surface area (Å²) in [7, 11) is 0. The molecule has 7 nitrogen and oxygen atoms in total. The van der Waals surface area contributed by atoms with Crippen molar-refractivity contribution in [3.05, 3.63) is 10.4 Å². The van der Waals surface area contributed by atoms with Crippen LogP contribution in [0.3, 0.4) is 0 Å². The molecule has 2 fully saturated rings. The first-order valence-electron chi connectivity index (χ1n) is 7.62. The Hall–Kier alpha value is -1.46. The third-order valence-corrected chi connectivity index (χ3v) is 4.08. The zero-order valence-corrected chi connectivity index (χ0v) is 13.2. The van der Waals surface area contributed by atoms with Gasteiger partial charge >= 0.3 is 6.09 Å². The molecule has 0 N–H and O–H groups in total. The van der Waals surface area contributed by atoms with Crippen LogP contribution >= 0.6 is 0 Å². The van der Waals surface area contributed by atoms with E-state index in [1.54, 1.807) is 4.90 Å². The van der Waals surface area contributed by atoms with Crippen LogP contribution in [0.15, 0.2) is 5.11 Å². The number of azide groups is 1. The molecule has 0 aromatic carbocycles. The first kappa shape index (κ1) is 15.9. The van der Waals surface area contributed by atoms with Gasteiger partial charge in [-0.25, -0.2) is 4.79 Å². The van der Waals surface area contributed by atoms with E-state index in [2.05, 4.69) is 14.9 Å². The Bertz CT molecular complexity index is 414. The van der Waals surface area contributed by atoms with Crippen molar-refractivity contribution >= 4 is 6.09 Å². The van der Waals surface area contributed by atoms with Gasteiger partial charge in [0.1, 0.15) is 5.60 Å². The van der Waals surface area contributed by atoms with E-state index in [9.17, 15) is 4.79 Å². The molecule has 7 heteroatoms. The second kappa shape index (κ2) is 6.54. The molecule has 0 unspecified atom stereocenters. The second-order valence-corrected chi connectivity index (χ2v) is 6.93. The van der Waals surface area contributed by atoms with E-state index in [1.165, 1.54) is 0 Å². The lowest BCUT2D eigenvalue weighted by molar-refractivity contribution is -0.0213. The van der Waals surface area contributed by atoms with Gasteiger partial charge in [0.15, 0.2) is 0 Å². The lowest BCUT2D eigenvalue weighted by Crippen LogP contribution is -2.62. The number of carbonyl (C=O) groups is 1. The molecule has 0 spiro atoms. The van der Waals surface area contributed by atoms with E-state index in [4.69, 9.17) is 10.3 Å². The summed E-state index contributed by atoms with van der Waals surface area (Å²) in [5.41, 5.74) is 7.92. The number of rotatable bonds is 3. The summed E-state index contributed by atoms with van der Waals surface area (Å²) in [5.74, 6) is 0.513. The number of carbonyl (C=O) groups excluding carboxylic acids is 1. The summed E-state index contributed by atoms with van der Waals surface area (Å²) in [4.78, 5) is 18.9. The highest BCUT2D eigenvalue weighted by Gasteiger charge is 2.38. The Labute approximate surface area is 125 Å². The molecule has 2 aliphatic heterocycles. The molecule has 2 rings (SSSR count). The zero-order chi connectivity index (χ0) is 15.5. The van der Waals surface area contributed by atoms with Crippen molar-refractivity contribution in [2.24, 2.45) is 11.0 Å². The second-order valence-electron chi connectivity index (χ2n) is 6.93. The van der Waals surface area contributed by atoms with Gasteiger partial charge in [0, 0.05) is 30.6 Å². The van der Waals surface area contributed by atoms with Gasteiger partial charge in [0.05, 0.1) is 0 Å². The van der Waals surface area contributed by atoms with Gasteiger partial charge in [-0.3, -0.25) is 4.90 Å². The maximum atomic E-state index is 11.9. The van der Waals surface area contributed by atoms with Crippen molar-refractivity contribution in [2.45, 2.75) is 45.3 Å². The maximum absolute atomic E-state index is 11.9. The Kier molecular flexibility index (Phi) is 4.96. The van der Waals surface area contributed by atoms with Crippen molar-refractivity contribution in [2.75, 3.05) is 32.7 Å². The summed E-state index contributed by atoms with van der Waals surface area (Å²) in [6.07, 6.45) is 1.93. The van der Waals surface area contributed by atoms with Crippen molar-refractivity contribution in [3.8, 4) is 0 Å². The maximum Gasteiger partial charge on any atom is 0.410 e. The van der Waals surface area contributed by atoms with Crippen LogP contribution in [-0.4, -0.2) is 60.3 Å². The molecule has 0 aliphatic carbocycles. The monoisotopic (exact) mass is 295 g/mol. The topological polar surface area (TPSA) is 81.5 Å². The molecule has 21 heavy (non-hydrogen) atoms. The lowest BCUT2D eigenvalue weighted by Gasteiger charge is -2.47. The molecular weight excluding hydrogens is 270 g/mol. The summed E-state index contributed by atoms with van der Waals surface area (Å²) in [6.45, 7) is 9.84. The molecule has 2 saturated heterocycles. The molecule has 0 atom stereocenters. The summed E-state index contributed by atoms with van der Waals surface area (Å²) >= 11 is 0. The van der Waals surface area contributed by atoms with Gasteiger partial charge in [-0.1, -0.05) is 5.11 Å². The molecule has 0 bridgehead atoms. The van der Waals surface area contributed by atoms with Gasteiger partial charge in [-0.05, 0) is 58.2 Å². The normalized spacial score (nSPS) is 21.6. The minimum Gasteiger partial charge on any atom is -0.444 e. The number of likely N-dealkylation sites (tertiary alicyclic amines) is 2. The highest BCUT2D eigenvalue weighted by Crippen LogP contribution is 2.24. The van der Waals surface area contributed by atoms with E-state index >= 15 is 0 Å². The van der Waals surface area contributed by atoms with Gasteiger partial charge in [0.25, 0.3) is 0 Å². The Morgan fingerprint density at radius 3 is 2.48 bits per heavy atom. The first-order valence-corrected chi connectivity index (χ1v) is 7.62. The predicted octanol–water partition coefficient (Wildman–Crippen LogP) is 2.63. The fourth-order valence-corrected chi connectivity index (χ4v) is 2.81. The van der Waals surface area contributed by atoms with Crippen LogP contribution in [0.5, 0.6) is 0 Å². The number of hydrogen-bond acceptors (Lipinski definition) is 4. The molecular formula is C14H25N5O2. The van der Waals surface area contributed by atoms with Crippen LogP contribution in [-0.2, 0) is 4.74 Å². The van der Waals surface area contributed by atoms with Crippen LogP contribution in [0.1, 0.15) is 33.6 Å². The summed E-state index contributed by atoms with van der Waals surface area (Å²) in [6, 6.07) is 0.456.